The van der Waals surface area contributed by atoms with Crippen LogP contribution in [0.4, 0.5) is 0 Å². The molecule has 5 nitrogen and oxygen atoms in total. The van der Waals surface area contributed by atoms with E-state index < -0.39 is 10.0 Å². The Morgan fingerprint density at radius 1 is 1.33 bits per heavy atom. The molecule has 1 aromatic rings. The average Bonchev–Trinajstić information content (AvgIpc) is 3.30. The summed E-state index contributed by atoms with van der Waals surface area (Å²) in [4.78, 5) is 0.193. The van der Waals surface area contributed by atoms with Crippen LogP contribution in [0.2, 0.25) is 0 Å². The van der Waals surface area contributed by atoms with Gasteiger partial charge in [-0.2, -0.15) is 0 Å². The topological polar surface area (TPSA) is 71.3 Å². The van der Waals surface area contributed by atoms with E-state index in [1.165, 1.54) is 25.7 Å². The van der Waals surface area contributed by atoms with Crippen LogP contribution in [0.5, 0.6) is 0 Å². The lowest BCUT2D eigenvalue weighted by atomic mass is 9.99. The van der Waals surface area contributed by atoms with E-state index in [0.717, 1.165) is 11.8 Å². The predicted octanol–water partition coefficient (Wildman–Crippen LogP) is 2.48. The Morgan fingerprint density at radius 2 is 1.95 bits per heavy atom. The van der Waals surface area contributed by atoms with Gasteiger partial charge in [0.1, 0.15) is 10.7 Å². The Hall–Kier alpha value is -0.370. The first kappa shape index (κ1) is 15.5. The second-order valence-corrected chi connectivity index (χ2v) is 8.53. The largest absolute Gasteiger partial charge is 0.452 e. The van der Waals surface area contributed by atoms with Gasteiger partial charge in [-0.1, -0.05) is 0 Å². The van der Waals surface area contributed by atoms with Crippen molar-refractivity contribution in [1.82, 2.24) is 10.0 Å². The molecule has 0 unspecified atom stereocenters. The van der Waals surface area contributed by atoms with Crippen LogP contribution in [0.1, 0.15) is 31.4 Å². The van der Waals surface area contributed by atoms with Gasteiger partial charge in [0, 0.05) is 12.6 Å². The number of halogens is 1. The van der Waals surface area contributed by atoms with E-state index in [1.807, 2.05) is 0 Å². The fourth-order valence-electron chi connectivity index (χ4n) is 2.89. The first-order valence-electron chi connectivity index (χ1n) is 7.43. The smallest absolute Gasteiger partial charge is 0.244 e. The fourth-order valence-corrected chi connectivity index (χ4v) is 4.96. The van der Waals surface area contributed by atoms with Gasteiger partial charge in [0.05, 0.1) is 6.54 Å². The normalized spacial score (nSPS) is 19.4. The quantitative estimate of drug-likeness (QED) is 0.730. The van der Waals surface area contributed by atoms with E-state index in [2.05, 4.69) is 26.0 Å². The molecule has 7 heteroatoms. The molecule has 3 rings (SSSR count). The van der Waals surface area contributed by atoms with Gasteiger partial charge >= 0.3 is 0 Å². The van der Waals surface area contributed by atoms with Gasteiger partial charge in [0.2, 0.25) is 10.0 Å². The summed E-state index contributed by atoms with van der Waals surface area (Å²) in [6, 6.07) is 1.58. The standard InChI is InChI=1S/C14H21BrN2O3S/c1-16-7-11-6-13(14(15)20-11)21(18,19)17-8-12(9-2-3-9)10-4-5-10/h6,9-10,12,16-17H,2-5,7-8H2,1H3. The van der Waals surface area contributed by atoms with Crippen LogP contribution in [0.3, 0.4) is 0 Å². The highest BCUT2D eigenvalue weighted by atomic mass is 79.9. The molecule has 2 fully saturated rings. The van der Waals surface area contributed by atoms with Crippen LogP contribution in [0.25, 0.3) is 0 Å². The third-order valence-electron chi connectivity index (χ3n) is 4.31. The van der Waals surface area contributed by atoms with Crippen molar-refractivity contribution in [3.8, 4) is 0 Å². The van der Waals surface area contributed by atoms with Crippen LogP contribution in [-0.4, -0.2) is 22.0 Å². The lowest BCUT2D eigenvalue weighted by Gasteiger charge is -2.15. The van der Waals surface area contributed by atoms with Crippen LogP contribution in [-0.2, 0) is 16.6 Å². The number of sulfonamides is 1. The van der Waals surface area contributed by atoms with Crippen LogP contribution in [0.15, 0.2) is 20.0 Å². The second-order valence-electron chi connectivity index (χ2n) is 6.07. The fraction of sp³-hybridized carbons (Fsp3) is 0.714. The summed E-state index contributed by atoms with van der Waals surface area (Å²) < 4.78 is 33.3. The van der Waals surface area contributed by atoms with Crippen molar-refractivity contribution >= 4 is 26.0 Å². The van der Waals surface area contributed by atoms with Crippen molar-refractivity contribution in [2.24, 2.45) is 17.8 Å². The van der Waals surface area contributed by atoms with E-state index >= 15 is 0 Å². The molecular formula is C14H21BrN2O3S. The predicted molar refractivity (Wildman–Crippen MR) is 83.3 cm³/mol. The summed E-state index contributed by atoms with van der Waals surface area (Å²) in [5.41, 5.74) is 0. The van der Waals surface area contributed by atoms with Crippen molar-refractivity contribution in [1.29, 1.82) is 0 Å². The summed E-state index contributed by atoms with van der Waals surface area (Å²) in [6.07, 6.45) is 5.02. The summed E-state index contributed by atoms with van der Waals surface area (Å²) in [6.45, 7) is 1.05. The monoisotopic (exact) mass is 376 g/mol. The Labute approximate surface area is 134 Å². The van der Waals surface area contributed by atoms with Crippen molar-refractivity contribution in [2.45, 2.75) is 37.1 Å². The maximum atomic E-state index is 12.4. The molecule has 21 heavy (non-hydrogen) atoms. The van der Waals surface area contributed by atoms with E-state index in [1.54, 1.807) is 13.1 Å². The van der Waals surface area contributed by atoms with Crippen LogP contribution < -0.4 is 10.0 Å². The molecule has 1 aromatic heterocycles. The maximum absolute atomic E-state index is 12.4. The van der Waals surface area contributed by atoms with E-state index in [0.29, 0.717) is 24.8 Å². The van der Waals surface area contributed by atoms with E-state index in [-0.39, 0.29) is 9.56 Å². The first-order valence-corrected chi connectivity index (χ1v) is 9.71. The number of rotatable bonds is 8. The Bertz CT molecular complexity index is 594. The zero-order chi connectivity index (χ0) is 15.0. The van der Waals surface area contributed by atoms with Gasteiger partial charge < -0.3 is 9.73 Å². The number of nitrogens with one attached hydrogen (secondary N) is 2. The molecule has 0 amide bonds. The highest BCUT2D eigenvalue weighted by Crippen LogP contribution is 2.49. The summed E-state index contributed by atoms with van der Waals surface area (Å²) in [5.74, 6) is 2.58. The molecule has 1 heterocycles. The molecule has 2 saturated carbocycles. The lowest BCUT2D eigenvalue weighted by molar-refractivity contribution is 0.401. The van der Waals surface area contributed by atoms with Gasteiger partial charge in [0.15, 0.2) is 4.67 Å². The van der Waals surface area contributed by atoms with Gasteiger partial charge in [-0.3, -0.25) is 0 Å². The number of hydrogen-bond acceptors (Lipinski definition) is 4. The lowest BCUT2D eigenvalue weighted by Crippen LogP contribution is -2.31. The zero-order valence-electron chi connectivity index (χ0n) is 12.1. The van der Waals surface area contributed by atoms with Crippen molar-refractivity contribution in [2.75, 3.05) is 13.6 Å². The Morgan fingerprint density at radius 3 is 2.48 bits per heavy atom. The second kappa shape index (κ2) is 6.02. The molecule has 2 aliphatic rings. The zero-order valence-corrected chi connectivity index (χ0v) is 14.5. The molecule has 0 bridgehead atoms. The van der Waals surface area contributed by atoms with Gasteiger partial charge in [-0.25, -0.2) is 13.1 Å². The average molecular weight is 377 g/mol. The third kappa shape index (κ3) is 3.70. The van der Waals surface area contributed by atoms with Crippen LogP contribution in [0, 0.1) is 17.8 Å². The molecule has 0 aromatic carbocycles. The summed E-state index contributed by atoms with van der Waals surface area (Å²) in [7, 11) is -1.72. The van der Waals surface area contributed by atoms with Crippen molar-refractivity contribution in [3.63, 3.8) is 0 Å². The molecule has 0 aliphatic heterocycles. The third-order valence-corrected chi connectivity index (χ3v) is 6.59. The Balaban J connectivity index is 1.68. The molecule has 0 radical (unpaired) electrons. The minimum absolute atomic E-state index is 0.193. The van der Waals surface area contributed by atoms with Gasteiger partial charge in [0.25, 0.3) is 0 Å². The Kier molecular flexibility index (Phi) is 4.45. The minimum Gasteiger partial charge on any atom is -0.452 e. The maximum Gasteiger partial charge on any atom is 0.244 e. The highest BCUT2D eigenvalue weighted by molar-refractivity contribution is 9.10. The molecule has 2 aliphatic carbocycles. The molecule has 118 valence electrons. The highest BCUT2D eigenvalue weighted by Gasteiger charge is 2.41. The number of furan rings is 1. The summed E-state index contributed by atoms with van der Waals surface area (Å²) in [5, 5.41) is 2.94. The summed E-state index contributed by atoms with van der Waals surface area (Å²) >= 11 is 3.20. The molecule has 2 N–H and O–H groups in total. The van der Waals surface area contributed by atoms with Crippen LogP contribution >= 0.6 is 15.9 Å². The van der Waals surface area contributed by atoms with E-state index in [9.17, 15) is 8.42 Å². The molecular weight excluding hydrogens is 356 g/mol. The SMILES string of the molecule is CNCc1cc(S(=O)(=O)NCC(C2CC2)C2CC2)c(Br)o1. The van der Waals surface area contributed by atoms with E-state index in [4.69, 9.17) is 4.42 Å². The van der Waals surface area contributed by atoms with Gasteiger partial charge in [-0.15, -0.1) is 0 Å². The van der Waals surface area contributed by atoms with Crippen molar-refractivity contribution in [3.05, 3.63) is 16.5 Å². The molecule has 0 atom stereocenters. The molecule has 0 spiro atoms. The van der Waals surface area contributed by atoms with Crippen molar-refractivity contribution < 1.29 is 12.8 Å². The van der Waals surface area contributed by atoms with Gasteiger partial charge in [-0.05, 0) is 66.4 Å². The minimum atomic E-state index is -3.51. The first-order chi connectivity index (χ1) is 10.0. The molecule has 0 saturated heterocycles. The number of hydrogen-bond donors (Lipinski definition) is 2.